The van der Waals surface area contributed by atoms with Crippen LogP contribution in [0.25, 0.3) is 0 Å². The summed E-state index contributed by atoms with van der Waals surface area (Å²) in [6.07, 6.45) is 2.40. The Balaban J connectivity index is 1.90. The Bertz CT molecular complexity index is 850. The minimum atomic E-state index is -1.05. The Labute approximate surface area is 171 Å². The van der Waals surface area contributed by atoms with Gasteiger partial charge in [0, 0.05) is 24.7 Å². The molecule has 2 unspecified atom stereocenters. The number of hydrogen-bond acceptors (Lipinski definition) is 4. The molecule has 0 radical (unpaired) electrons. The van der Waals surface area contributed by atoms with E-state index in [9.17, 15) is 14.4 Å². The highest BCUT2D eigenvalue weighted by Crippen LogP contribution is 2.37. The van der Waals surface area contributed by atoms with Gasteiger partial charge < -0.3 is 9.80 Å². The fraction of sp³-hybridized carbons (Fsp3) is 0.391. The number of benzene rings is 1. The Hall–Kier alpha value is -2.86. The SMILES string of the molecule is CC[NH+](CC)CCCN1C(=O)C(=O)C(C(=O)c2ccccc2)C1c1ccccn1. The summed E-state index contributed by atoms with van der Waals surface area (Å²) >= 11 is 0. The van der Waals surface area contributed by atoms with E-state index in [0.717, 1.165) is 26.1 Å². The average molecular weight is 394 g/mol. The first-order valence-corrected chi connectivity index (χ1v) is 10.3. The summed E-state index contributed by atoms with van der Waals surface area (Å²) in [4.78, 5) is 46.3. The Morgan fingerprint density at radius 2 is 1.72 bits per heavy atom. The predicted molar refractivity (Wildman–Crippen MR) is 109 cm³/mol. The number of carbonyl (C=O) groups excluding carboxylic acids is 3. The molecule has 2 heterocycles. The molecule has 29 heavy (non-hydrogen) atoms. The molecule has 0 spiro atoms. The fourth-order valence-electron chi connectivity index (χ4n) is 3.99. The molecule has 1 N–H and O–H groups in total. The fourth-order valence-corrected chi connectivity index (χ4v) is 3.99. The van der Waals surface area contributed by atoms with E-state index in [1.807, 2.05) is 12.1 Å². The smallest absolute Gasteiger partial charge is 0.291 e. The molecule has 0 aliphatic carbocycles. The number of rotatable bonds is 9. The van der Waals surface area contributed by atoms with Gasteiger partial charge in [-0.05, 0) is 26.0 Å². The summed E-state index contributed by atoms with van der Waals surface area (Å²) in [5.41, 5.74) is 1.02. The average Bonchev–Trinajstić information content (AvgIpc) is 3.02. The van der Waals surface area contributed by atoms with Gasteiger partial charge in [-0.25, -0.2) is 0 Å². The minimum Gasteiger partial charge on any atom is -0.335 e. The van der Waals surface area contributed by atoms with Crippen molar-refractivity contribution >= 4 is 17.5 Å². The van der Waals surface area contributed by atoms with Crippen molar-refractivity contribution in [1.82, 2.24) is 9.88 Å². The Kier molecular flexibility index (Phi) is 6.88. The first kappa shape index (κ1) is 20.9. The number of pyridine rings is 1. The maximum Gasteiger partial charge on any atom is 0.291 e. The summed E-state index contributed by atoms with van der Waals surface area (Å²) < 4.78 is 0. The van der Waals surface area contributed by atoms with E-state index in [4.69, 9.17) is 0 Å². The zero-order valence-corrected chi connectivity index (χ0v) is 17.0. The van der Waals surface area contributed by atoms with E-state index < -0.39 is 23.7 Å². The second-order valence-corrected chi connectivity index (χ2v) is 7.33. The van der Waals surface area contributed by atoms with Crippen LogP contribution in [0.5, 0.6) is 0 Å². The summed E-state index contributed by atoms with van der Waals surface area (Å²) in [6, 6.07) is 13.4. The zero-order chi connectivity index (χ0) is 20.8. The van der Waals surface area contributed by atoms with Gasteiger partial charge in [0.2, 0.25) is 5.78 Å². The second kappa shape index (κ2) is 9.56. The maximum absolute atomic E-state index is 13.2. The third-order valence-corrected chi connectivity index (χ3v) is 5.67. The normalized spacial score (nSPS) is 19.2. The molecule has 1 aliphatic rings. The van der Waals surface area contributed by atoms with Gasteiger partial charge >= 0.3 is 0 Å². The van der Waals surface area contributed by atoms with Crippen molar-refractivity contribution in [2.75, 3.05) is 26.2 Å². The Morgan fingerprint density at radius 3 is 2.34 bits per heavy atom. The molecular weight excluding hydrogens is 366 g/mol. The van der Waals surface area contributed by atoms with Crippen molar-refractivity contribution in [3.8, 4) is 0 Å². The lowest BCUT2D eigenvalue weighted by atomic mass is 9.88. The second-order valence-electron chi connectivity index (χ2n) is 7.33. The molecule has 1 amide bonds. The van der Waals surface area contributed by atoms with Crippen LogP contribution in [0.15, 0.2) is 54.7 Å². The number of aromatic nitrogens is 1. The van der Waals surface area contributed by atoms with Gasteiger partial charge in [-0.3, -0.25) is 19.4 Å². The van der Waals surface area contributed by atoms with E-state index in [-0.39, 0.29) is 5.78 Å². The molecular formula is C23H28N3O3+. The highest BCUT2D eigenvalue weighted by molar-refractivity contribution is 6.44. The molecule has 0 bridgehead atoms. The summed E-state index contributed by atoms with van der Waals surface area (Å²) in [5, 5.41) is 0. The highest BCUT2D eigenvalue weighted by atomic mass is 16.2. The van der Waals surface area contributed by atoms with Crippen molar-refractivity contribution in [2.45, 2.75) is 26.3 Å². The molecule has 1 aromatic carbocycles. The van der Waals surface area contributed by atoms with Crippen LogP contribution in [-0.4, -0.2) is 53.5 Å². The van der Waals surface area contributed by atoms with E-state index in [0.29, 0.717) is 17.8 Å². The number of ketones is 2. The number of amides is 1. The van der Waals surface area contributed by atoms with E-state index in [2.05, 4.69) is 18.8 Å². The molecule has 1 saturated heterocycles. The van der Waals surface area contributed by atoms with Gasteiger partial charge in [0.1, 0.15) is 5.92 Å². The summed E-state index contributed by atoms with van der Waals surface area (Å²) in [5.74, 6) is -2.59. The largest absolute Gasteiger partial charge is 0.335 e. The molecule has 1 aliphatic heterocycles. The first-order valence-electron chi connectivity index (χ1n) is 10.3. The van der Waals surface area contributed by atoms with Crippen molar-refractivity contribution in [3.05, 3.63) is 66.0 Å². The van der Waals surface area contributed by atoms with Gasteiger partial charge in [0.05, 0.1) is 31.4 Å². The van der Waals surface area contributed by atoms with Crippen LogP contribution in [0.3, 0.4) is 0 Å². The van der Waals surface area contributed by atoms with Gasteiger partial charge in [0.25, 0.3) is 5.91 Å². The molecule has 2 aromatic rings. The zero-order valence-electron chi connectivity index (χ0n) is 17.0. The lowest BCUT2D eigenvalue weighted by molar-refractivity contribution is -0.896. The minimum absolute atomic E-state index is 0.323. The van der Waals surface area contributed by atoms with Crippen LogP contribution in [-0.2, 0) is 9.59 Å². The Morgan fingerprint density at radius 1 is 1.03 bits per heavy atom. The molecule has 2 atom stereocenters. The molecule has 6 nitrogen and oxygen atoms in total. The van der Waals surface area contributed by atoms with Gasteiger partial charge in [0.15, 0.2) is 5.78 Å². The molecule has 152 valence electrons. The van der Waals surface area contributed by atoms with E-state index in [1.54, 1.807) is 47.5 Å². The van der Waals surface area contributed by atoms with Crippen LogP contribution in [0.1, 0.15) is 42.4 Å². The van der Waals surface area contributed by atoms with Crippen LogP contribution in [0.2, 0.25) is 0 Å². The van der Waals surface area contributed by atoms with E-state index >= 15 is 0 Å². The van der Waals surface area contributed by atoms with Gasteiger partial charge in [-0.15, -0.1) is 0 Å². The number of carbonyl (C=O) groups is 3. The molecule has 6 heteroatoms. The van der Waals surface area contributed by atoms with Crippen LogP contribution >= 0.6 is 0 Å². The highest BCUT2D eigenvalue weighted by Gasteiger charge is 2.52. The van der Waals surface area contributed by atoms with Crippen molar-refractivity contribution in [1.29, 1.82) is 0 Å². The lowest BCUT2D eigenvalue weighted by Crippen LogP contribution is -3.11. The number of likely N-dealkylation sites (tertiary alicyclic amines) is 1. The predicted octanol–water partition coefficient (Wildman–Crippen LogP) is 1.35. The monoisotopic (exact) mass is 394 g/mol. The quantitative estimate of drug-likeness (QED) is 0.396. The number of hydrogen-bond donors (Lipinski definition) is 1. The molecule has 1 aromatic heterocycles. The van der Waals surface area contributed by atoms with E-state index in [1.165, 1.54) is 4.90 Å². The molecule has 0 saturated carbocycles. The summed E-state index contributed by atoms with van der Waals surface area (Å²) in [7, 11) is 0. The summed E-state index contributed by atoms with van der Waals surface area (Å²) in [6.45, 7) is 7.65. The van der Waals surface area contributed by atoms with Crippen molar-refractivity contribution in [2.24, 2.45) is 5.92 Å². The molecule has 3 rings (SSSR count). The third-order valence-electron chi connectivity index (χ3n) is 5.67. The van der Waals surface area contributed by atoms with Crippen LogP contribution in [0.4, 0.5) is 0 Å². The van der Waals surface area contributed by atoms with Crippen molar-refractivity contribution in [3.63, 3.8) is 0 Å². The van der Waals surface area contributed by atoms with Gasteiger partial charge in [-0.1, -0.05) is 36.4 Å². The number of nitrogens with one attached hydrogen (secondary N) is 1. The number of nitrogens with zero attached hydrogens (tertiary/aromatic N) is 2. The number of Topliss-reactive ketones (excluding diaryl/α,β-unsaturated/α-hetero) is 2. The maximum atomic E-state index is 13.2. The van der Waals surface area contributed by atoms with Gasteiger partial charge in [-0.2, -0.15) is 0 Å². The standard InChI is InChI=1S/C23H27N3O3/c1-3-25(4-2)15-10-16-26-20(18-13-8-9-14-24-18)19(22(28)23(26)29)21(27)17-11-6-5-7-12-17/h5-9,11-14,19-20H,3-4,10,15-16H2,1-2H3/p+1. The van der Waals surface area contributed by atoms with Crippen LogP contribution < -0.4 is 4.90 Å². The first-order chi connectivity index (χ1) is 14.1. The number of quaternary nitrogens is 1. The molecule has 1 fully saturated rings. The lowest BCUT2D eigenvalue weighted by Gasteiger charge is -2.27. The topological polar surface area (TPSA) is 71.8 Å². The third kappa shape index (κ3) is 4.43. The van der Waals surface area contributed by atoms with Crippen molar-refractivity contribution < 1.29 is 19.3 Å². The van der Waals surface area contributed by atoms with Crippen LogP contribution in [0, 0.1) is 5.92 Å².